The summed E-state index contributed by atoms with van der Waals surface area (Å²) in [7, 11) is -0.633. The Labute approximate surface area is 200 Å². The fraction of sp³-hybridized carbons (Fsp3) is 0.192. The molecule has 1 aliphatic rings. The first kappa shape index (κ1) is 22.1. The normalized spacial score (nSPS) is 13.2. The first-order valence-corrected chi connectivity index (χ1v) is 11.5. The average molecular weight is 450 g/mol. The number of pyridine rings is 1. The Balaban J connectivity index is 1.48. The molecular formula is C26H27BN6O. The van der Waals surface area contributed by atoms with Gasteiger partial charge in [-0.3, -0.25) is 9.88 Å². The summed E-state index contributed by atoms with van der Waals surface area (Å²) < 4.78 is 0. The van der Waals surface area contributed by atoms with Gasteiger partial charge in [0.05, 0.1) is 5.69 Å². The minimum Gasteiger partial charge on any atom is -0.433 e. The molecule has 0 saturated carbocycles. The summed E-state index contributed by atoms with van der Waals surface area (Å²) >= 11 is 0. The smallest absolute Gasteiger partial charge is 0.406 e. The number of aromatic nitrogens is 3. The highest BCUT2D eigenvalue weighted by Crippen LogP contribution is 2.30. The van der Waals surface area contributed by atoms with Crippen molar-refractivity contribution in [2.75, 3.05) is 17.1 Å². The Hall–Kier alpha value is -3.75. The largest absolute Gasteiger partial charge is 0.433 e. The molecule has 5 rings (SSSR count). The number of anilines is 3. The van der Waals surface area contributed by atoms with Gasteiger partial charge in [-0.25, -0.2) is 9.97 Å². The van der Waals surface area contributed by atoms with Crippen LogP contribution in [0.25, 0.3) is 11.4 Å². The van der Waals surface area contributed by atoms with Gasteiger partial charge >= 0.3 is 7.05 Å². The molecule has 2 aromatic heterocycles. The second-order valence-electron chi connectivity index (χ2n) is 8.53. The third-order valence-electron chi connectivity index (χ3n) is 5.83. The van der Waals surface area contributed by atoms with Gasteiger partial charge in [0.25, 0.3) is 0 Å². The number of hydrogen-bond donors (Lipinski definition) is 3. The molecule has 0 amide bonds. The molecule has 4 aromatic rings. The van der Waals surface area contributed by atoms with E-state index in [1.54, 1.807) is 19.2 Å². The van der Waals surface area contributed by atoms with Crippen molar-refractivity contribution in [2.24, 2.45) is 0 Å². The Morgan fingerprint density at radius 1 is 0.971 bits per heavy atom. The van der Waals surface area contributed by atoms with Crippen LogP contribution >= 0.6 is 0 Å². The van der Waals surface area contributed by atoms with Crippen LogP contribution in [-0.2, 0) is 19.5 Å². The molecule has 7 nitrogen and oxygen atoms in total. The van der Waals surface area contributed by atoms with Crippen molar-refractivity contribution >= 4 is 24.2 Å². The highest BCUT2D eigenvalue weighted by molar-refractivity contribution is 6.52. The van der Waals surface area contributed by atoms with Crippen LogP contribution in [-0.4, -0.2) is 38.5 Å². The molecule has 0 bridgehead atoms. The number of hydrogen-bond acceptors (Lipinski definition) is 7. The third-order valence-corrected chi connectivity index (χ3v) is 5.83. The van der Waals surface area contributed by atoms with Gasteiger partial charge < -0.3 is 15.6 Å². The van der Waals surface area contributed by atoms with Crippen molar-refractivity contribution in [2.45, 2.75) is 26.3 Å². The van der Waals surface area contributed by atoms with Crippen LogP contribution in [0.15, 0.2) is 79.1 Å². The fourth-order valence-electron chi connectivity index (χ4n) is 4.24. The summed E-state index contributed by atoms with van der Waals surface area (Å²) in [5.74, 6) is 1.50. The molecule has 2 aromatic carbocycles. The molecule has 0 unspecified atom stereocenters. The maximum absolute atomic E-state index is 9.69. The monoisotopic (exact) mass is 450 g/mol. The number of rotatable bonds is 7. The average Bonchev–Trinajstić information content (AvgIpc) is 2.85. The van der Waals surface area contributed by atoms with E-state index in [1.807, 2.05) is 42.5 Å². The Kier molecular flexibility index (Phi) is 6.51. The van der Waals surface area contributed by atoms with Gasteiger partial charge in [-0.2, -0.15) is 0 Å². The minimum atomic E-state index is -0.633. The molecule has 34 heavy (non-hydrogen) atoms. The summed E-state index contributed by atoms with van der Waals surface area (Å²) in [5, 5.41) is 16.3. The van der Waals surface area contributed by atoms with E-state index in [9.17, 15) is 5.02 Å². The van der Waals surface area contributed by atoms with E-state index in [4.69, 9.17) is 9.97 Å². The van der Waals surface area contributed by atoms with Crippen molar-refractivity contribution in [1.82, 2.24) is 19.9 Å². The van der Waals surface area contributed by atoms with E-state index in [0.717, 1.165) is 60.1 Å². The fourth-order valence-corrected chi connectivity index (χ4v) is 4.24. The van der Waals surface area contributed by atoms with Gasteiger partial charge in [0.1, 0.15) is 5.82 Å². The number of nitrogens with zero attached hydrogens (tertiary/aromatic N) is 4. The lowest BCUT2D eigenvalue weighted by atomic mass is 9.88. The van der Waals surface area contributed by atoms with Crippen LogP contribution in [0.4, 0.5) is 17.2 Å². The van der Waals surface area contributed by atoms with Crippen LogP contribution < -0.4 is 10.5 Å². The zero-order valence-electron chi connectivity index (χ0n) is 19.1. The summed E-state index contributed by atoms with van der Waals surface area (Å²) in [6.07, 6.45) is 4.39. The second-order valence-corrected chi connectivity index (χ2v) is 8.53. The summed E-state index contributed by atoms with van der Waals surface area (Å²) in [5.41, 5.74) is 6.17. The van der Waals surface area contributed by atoms with Gasteiger partial charge in [-0.15, -0.1) is 0 Å². The zero-order valence-corrected chi connectivity index (χ0v) is 19.1. The van der Waals surface area contributed by atoms with Crippen molar-refractivity contribution in [3.8, 4) is 11.4 Å². The maximum atomic E-state index is 9.69. The van der Waals surface area contributed by atoms with E-state index in [2.05, 4.69) is 44.7 Å². The third kappa shape index (κ3) is 5.25. The highest BCUT2D eigenvalue weighted by atomic mass is 16.2. The van der Waals surface area contributed by atoms with Gasteiger partial charge in [-0.1, -0.05) is 36.4 Å². The molecule has 1 aliphatic heterocycles. The van der Waals surface area contributed by atoms with Gasteiger partial charge in [0.15, 0.2) is 5.82 Å². The Morgan fingerprint density at radius 3 is 2.56 bits per heavy atom. The van der Waals surface area contributed by atoms with Crippen molar-refractivity contribution in [3.63, 3.8) is 0 Å². The van der Waals surface area contributed by atoms with Crippen LogP contribution in [0.5, 0.6) is 0 Å². The molecule has 0 radical (unpaired) electrons. The lowest BCUT2D eigenvalue weighted by Gasteiger charge is -2.30. The Bertz CT molecular complexity index is 1250. The van der Waals surface area contributed by atoms with E-state index >= 15 is 0 Å². The number of nitrogens with one attached hydrogen (secondary N) is 2. The topological polar surface area (TPSA) is 86.2 Å². The van der Waals surface area contributed by atoms with Crippen molar-refractivity contribution < 1.29 is 5.02 Å². The zero-order chi connectivity index (χ0) is 23.3. The molecule has 170 valence electrons. The van der Waals surface area contributed by atoms with E-state index in [0.29, 0.717) is 5.82 Å². The molecule has 8 heteroatoms. The minimum absolute atomic E-state index is 0.633. The molecule has 0 aliphatic carbocycles. The second kappa shape index (κ2) is 10.0. The number of benzene rings is 2. The Morgan fingerprint density at radius 2 is 1.76 bits per heavy atom. The van der Waals surface area contributed by atoms with Crippen LogP contribution in [0.3, 0.4) is 0 Å². The van der Waals surface area contributed by atoms with Gasteiger partial charge in [-0.05, 0) is 42.7 Å². The lowest BCUT2D eigenvalue weighted by molar-refractivity contribution is 0.243. The molecule has 0 fully saturated rings. The van der Waals surface area contributed by atoms with Crippen LogP contribution in [0, 0.1) is 0 Å². The quantitative estimate of drug-likeness (QED) is 0.361. The molecular weight excluding hydrogens is 423 g/mol. The summed E-state index contributed by atoms with van der Waals surface area (Å²) in [6, 6.07) is 22.3. The summed E-state index contributed by atoms with van der Waals surface area (Å²) in [6.45, 7) is 4.31. The molecule has 3 N–H and O–H groups in total. The van der Waals surface area contributed by atoms with Gasteiger partial charge in [0, 0.05) is 61.0 Å². The SMILES string of the molecule is CB(O)Nc1cccc(Nc2nc(-c3ccncc3)nc3c2CN(Cc2ccccc2)CC3)c1. The maximum Gasteiger partial charge on any atom is 0.406 e. The predicted octanol–water partition coefficient (Wildman–Crippen LogP) is 4.36. The summed E-state index contributed by atoms with van der Waals surface area (Å²) in [4.78, 5) is 16.4. The molecule has 0 spiro atoms. The lowest BCUT2D eigenvalue weighted by Crippen LogP contribution is -2.31. The van der Waals surface area contributed by atoms with E-state index in [1.165, 1.54) is 5.56 Å². The van der Waals surface area contributed by atoms with Crippen LogP contribution in [0.1, 0.15) is 16.8 Å². The number of fused-ring (bicyclic) bond motifs is 1. The molecule has 0 atom stereocenters. The molecule has 3 heterocycles. The van der Waals surface area contributed by atoms with Crippen molar-refractivity contribution in [1.29, 1.82) is 0 Å². The molecule has 0 saturated heterocycles. The first-order valence-electron chi connectivity index (χ1n) is 11.5. The first-order chi connectivity index (χ1) is 16.6. The van der Waals surface area contributed by atoms with Gasteiger partial charge in [0.2, 0.25) is 0 Å². The van der Waals surface area contributed by atoms with E-state index in [-0.39, 0.29) is 0 Å². The van der Waals surface area contributed by atoms with Crippen LogP contribution in [0.2, 0.25) is 6.82 Å². The highest BCUT2D eigenvalue weighted by Gasteiger charge is 2.23. The standard InChI is InChI=1S/C26H27BN6O/c1-27(34)32-22-9-5-8-21(16-22)29-26-23-18-33(17-19-6-3-2-4-7-19)15-12-24(23)30-25(31-26)20-10-13-28-14-11-20/h2-11,13-14,16,32,34H,12,15,17-18H2,1H3,(H,29,30,31). The van der Waals surface area contributed by atoms with Crippen molar-refractivity contribution in [3.05, 3.63) is 95.9 Å². The van der Waals surface area contributed by atoms with E-state index < -0.39 is 7.05 Å². The predicted molar refractivity (Wildman–Crippen MR) is 137 cm³/mol.